The monoisotopic (exact) mass is 552 g/mol. The highest BCUT2D eigenvalue weighted by molar-refractivity contribution is 5.95. The van der Waals surface area contributed by atoms with Gasteiger partial charge in [0, 0.05) is 17.8 Å². The van der Waals surface area contributed by atoms with Crippen molar-refractivity contribution in [3.05, 3.63) is 23.8 Å². The van der Waals surface area contributed by atoms with Crippen molar-refractivity contribution in [2.45, 2.75) is 106 Å². The topological polar surface area (TPSA) is 61.8 Å². The van der Waals surface area contributed by atoms with Crippen molar-refractivity contribution >= 4 is 11.8 Å². The fourth-order valence-corrected chi connectivity index (χ4v) is 11.9. The quantitative estimate of drug-likeness (QED) is 0.266. The van der Waals surface area contributed by atoms with Crippen LogP contribution in [0.25, 0.3) is 0 Å². The Bertz CT molecular complexity index is 1140. The second-order valence-corrected chi connectivity index (χ2v) is 16.0. The van der Waals surface area contributed by atoms with Gasteiger partial charge < -0.3 is 14.2 Å². The van der Waals surface area contributed by atoms with Gasteiger partial charge in [-0.25, -0.2) is 0 Å². The predicted octanol–water partition coefficient (Wildman–Crippen LogP) is 7.30. The van der Waals surface area contributed by atoms with E-state index in [0.717, 1.165) is 51.4 Å². The molecular weight excluding hydrogens is 500 g/mol. The zero-order chi connectivity index (χ0) is 28.9. The fraction of sp³-hybridized carbons (Fsp3) is 0.829. The Morgan fingerprint density at radius 2 is 1.65 bits per heavy atom. The Hall–Kier alpha value is -1.46. The molecule has 6 rings (SSSR count). The minimum atomic E-state index is -0.572. The number of fused-ring (bicyclic) bond motifs is 7. The third-order valence-corrected chi connectivity index (χ3v) is 13.8. The lowest BCUT2D eigenvalue weighted by Gasteiger charge is -2.70. The van der Waals surface area contributed by atoms with Gasteiger partial charge in [0.25, 0.3) is 0 Å². The van der Waals surface area contributed by atoms with Crippen LogP contribution < -0.4 is 0 Å². The van der Waals surface area contributed by atoms with Gasteiger partial charge in [-0.1, -0.05) is 59.3 Å². The number of hydrogen-bond donors (Lipinski definition) is 0. The second-order valence-electron chi connectivity index (χ2n) is 16.0. The average molecular weight is 553 g/mol. The van der Waals surface area contributed by atoms with Gasteiger partial charge in [-0.2, -0.15) is 0 Å². The molecule has 1 spiro atoms. The van der Waals surface area contributed by atoms with Crippen LogP contribution in [-0.4, -0.2) is 37.9 Å². The average Bonchev–Trinajstić information content (AvgIpc) is 3.37. The molecule has 9 atom stereocenters. The molecule has 1 unspecified atom stereocenters. The number of carbonyl (C=O) groups excluding carboxylic acids is 2. The number of esters is 1. The standard InChI is InChI=1S/C35H52O5/c1-9-12-33(6)26-11-14-32(5)27(31(26,4)15-16-35(33)39-17-18-40-35)19-25(36)28-23-20-30(2,3)21-24(29(37)38-8)22(23)10-13-34(28,32)7/h9,12,19,22-24,26,28H,10-11,13-18,20-21H2,1-8H3/b12-9-/t22?,23-,24-,26-,28+,31+,32-,33+,34-/m1/s1. The molecule has 1 aliphatic heterocycles. The van der Waals surface area contributed by atoms with Gasteiger partial charge in [0.2, 0.25) is 0 Å². The molecule has 0 aromatic rings. The number of rotatable bonds is 2. The van der Waals surface area contributed by atoms with Crippen molar-refractivity contribution in [2.24, 2.45) is 56.7 Å². The van der Waals surface area contributed by atoms with Gasteiger partial charge in [-0.15, -0.1) is 0 Å². The molecule has 0 amide bonds. The third-order valence-electron chi connectivity index (χ3n) is 13.8. The fourth-order valence-electron chi connectivity index (χ4n) is 11.9. The Balaban J connectivity index is 1.44. The smallest absolute Gasteiger partial charge is 0.308 e. The lowest BCUT2D eigenvalue weighted by Crippen LogP contribution is -2.66. The van der Waals surface area contributed by atoms with Crippen molar-refractivity contribution in [1.82, 2.24) is 0 Å². The van der Waals surface area contributed by atoms with E-state index in [2.05, 4.69) is 66.7 Å². The van der Waals surface area contributed by atoms with Crippen LogP contribution in [0.15, 0.2) is 23.8 Å². The maximum atomic E-state index is 14.5. The number of methoxy groups -OCH3 is 1. The van der Waals surface area contributed by atoms with E-state index in [0.29, 0.717) is 24.9 Å². The van der Waals surface area contributed by atoms with Crippen LogP contribution in [0, 0.1) is 56.7 Å². The molecule has 222 valence electrons. The predicted molar refractivity (Wildman–Crippen MR) is 155 cm³/mol. The summed E-state index contributed by atoms with van der Waals surface area (Å²) in [5.74, 6) is 0.312. The summed E-state index contributed by atoms with van der Waals surface area (Å²) in [5, 5.41) is 0. The van der Waals surface area contributed by atoms with Crippen LogP contribution >= 0.6 is 0 Å². The number of ether oxygens (including phenoxy) is 3. The molecule has 0 N–H and O–H groups in total. The maximum Gasteiger partial charge on any atom is 0.308 e. The summed E-state index contributed by atoms with van der Waals surface area (Å²) in [6, 6.07) is 0. The van der Waals surface area contributed by atoms with E-state index in [-0.39, 0.29) is 56.7 Å². The minimum absolute atomic E-state index is 0.0142. The molecule has 0 aromatic carbocycles. The van der Waals surface area contributed by atoms with E-state index < -0.39 is 5.79 Å². The van der Waals surface area contributed by atoms with Gasteiger partial charge in [0.15, 0.2) is 11.6 Å². The van der Waals surface area contributed by atoms with E-state index in [9.17, 15) is 9.59 Å². The highest BCUT2D eigenvalue weighted by Crippen LogP contribution is 2.75. The van der Waals surface area contributed by atoms with Gasteiger partial charge in [-0.05, 0) is 97.4 Å². The van der Waals surface area contributed by atoms with Crippen LogP contribution in [0.1, 0.15) is 99.8 Å². The molecule has 40 heavy (non-hydrogen) atoms. The van der Waals surface area contributed by atoms with E-state index in [1.54, 1.807) is 0 Å². The number of hydrogen-bond acceptors (Lipinski definition) is 5. The summed E-state index contributed by atoms with van der Waals surface area (Å²) >= 11 is 0. The summed E-state index contributed by atoms with van der Waals surface area (Å²) in [6.07, 6.45) is 14.5. The maximum absolute atomic E-state index is 14.5. The van der Waals surface area contributed by atoms with Crippen LogP contribution in [-0.2, 0) is 23.8 Å². The Labute approximate surface area is 241 Å². The Morgan fingerprint density at radius 3 is 2.30 bits per heavy atom. The van der Waals surface area contributed by atoms with Crippen molar-refractivity contribution in [2.75, 3.05) is 20.3 Å². The van der Waals surface area contributed by atoms with E-state index in [4.69, 9.17) is 14.2 Å². The van der Waals surface area contributed by atoms with Gasteiger partial charge in [0.1, 0.15) is 0 Å². The molecule has 1 heterocycles. The summed E-state index contributed by atoms with van der Waals surface area (Å²) in [7, 11) is 1.52. The minimum Gasteiger partial charge on any atom is -0.469 e. The zero-order valence-electron chi connectivity index (χ0n) is 26.2. The van der Waals surface area contributed by atoms with Gasteiger partial charge >= 0.3 is 5.97 Å². The summed E-state index contributed by atoms with van der Waals surface area (Å²) in [5.41, 5.74) is 0.879. The Morgan fingerprint density at radius 1 is 0.950 bits per heavy atom. The van der Waals surface area contributed by atoms with Crippen LogP contribution in [0.3, 0.4) is 0 Å². The molecule has 5 nitrogen and oxygen atoms in total. The molecule has 0 aromatic heterocycles. The summed E-state index contributed by atoms with van der Waals surface area (Å²) in [4.78, 5) is 27.5. The van der Waals surface area contributed by atoms with E-state index in [1.165, 1.54) is 12.7 Å². The highest BCUT2D eigenvalue weighted by Gasteiger charge is 2.71. The normalized spacial score (nSPS) is 49.0. The molecule has 4 saturated carbocycles. The van der Waals surface area contributed by atoms with Crippen molar-refractivity contribution < 1.29 is 23.8 Å². The van der Waals surface area contributed by atoms with Crippen LogP contribution in [0.4, 0.5) is 0 Å². The Kier molecular flexibility index (Phi) is 6.46. The van der Waals surface area contributed by atoms with Crippen molar-refractivity contribution in [1.29, 1.82) is 0 Å². The summed E-state index contributed by atoms with van der Waals surface area (Å²) < 4.78 is 18.2. The highest BCUT2D eigenvalue weighted by atomic mass is 16.7. The first-order chi connectivity index (χ1) is 18.7. The molecular formula is C35H52O5. The van der Waals surface area contributed by atoms with Gasteiger partial charge in [0.05, 0.1) is 26.2 Å². The molecule has 0 bridgehead atoms. The molecule has 5 aliphatic carbocycles. The van der Waals surface area contributed by atoms with Crippen molar-refractivity contribution in [3.8, 4) is 0 Å². The number of carbonyl (C=O) groups is 2. The first-order valence-electron chi connectivity index (χ1n) is 16.0. The third kappa shape index (κ3) is 3.52. The summed E-state index contributed by atoms with van der Waals surface area (Å²) in [6.45, 7) is 17.7. The van der Waals surface area contributed by atoms with Crippen LogP contribution in [0.2, 0.25) is 0 Å². The molecule has 6 aliphatic rings. The lowest BCUT2D eigenvalue weighted by atomic mass is 9.34. The SMILES string of the molecule is C/C=C\[C@@]1(C)[C@@H]2CC[C@]3(C)C(=CC(=O)[C@@H]4[C@@H]5CC(C)(C)C[C@@H](C(=O)OC)C5CC[C@]43C)[C@@]2(C)CCC12OCCO2. The molecule has 0 radical (unpaired) electrons. The second kappa shape index (κ2) is 9.02. The van der Waals surface area contributed by atoms with Crippen LogP contribution in [0.5, 0.6) is 0 Å². The number of ketones is 1. The largest absolute Gasteiger partial charge is 0.469 e. The van der Waals surface area contributed by atoms with Crippen molar-refractivity contribution in [3.63, 3.8) is 0 Å². The first-order valence-corrected chi connectivity index (χ1v) is 16.0. The van der Waals surface area contributed by atoms with Gasteiger partial charge in [-0.3, -0.25) is 9.59 Å². The molecule has 5 fully saturated rings. The lowest BCUT2D eigenvalue weighted by molar-refractivity contribution is -0.277. The van der Waals surface area contributed by atoms with E-state index in [1.807, 2.05) is 0 Å². The first kappa shape index (κ1) is 28.6. The molecule has 5 heteroatoms. The van der Waals surface area contributed by atoms with E-state index >= 15 is 0 Å². The molecule has 1 saturated heterocycles. The number of allylic oxidation sites excluding steroid dienone is 3. The zero-order valence-corrected chi connectivity index (χ0v) is 26.2.